The number of hydrogen-bond acceptors (Lipinski definition) is 7. The first-order valence-corrected chi connectivity index (χ1v) is 7.05. The number of nitrogens with two attached hydrogens (primary N) is 1. The van der Waals surface area contributed by atoms with Crippen LogP contribution in [0, 0.1) is 11.3 Å². The van der Waals surface area contributed by atoms with E-state index in [4.69, 9.17) is 5.73 Å². The molecular weight excluding hydrogens is 304 g/mol. The maximum Gasteiger partial charge on any atom is 0.183 e. The van der Waals surface area contributed by atoms with Gasteiger partial charge in [-0.25, -0.2) is 9.97 Å². The van der Waals surface area contributed by atoms with Crippen LogP contribution in [0.3, 0.4) is 0 Å². The smallest absolute Gasteiger partial charge is 0.183 e. The average molecular weight is 314 g/mol. The Morgan fingerprint density at radius 3 is 2.83 bits per heavy atom. The summed E-state index contributed by atoms with van der Waals surface area (Å²) < 4.78 is 0. The van der Waals surface area contributed by atoms with Crippen molar-refractivity contribution in [2.75, 3.05) is 5.73 Å². The zero-order chi connectivity index (χ0) is 16.5. The normalized spacial score (nSPS) is 10.6. The Hall–Kier alpha value is -3.86. The number of nitrogens with one attached hydrogen (secondary N) is 1. The lowest BCUT2D eigenvalue weighted by molar-refractivity contribution is 0.940. The Bertz CT molecular complexity index is 1080. The SMILES string of the molecule is N#Cc1nc(-c2ccc3ncccc3c2)c(-c2cn[nH]n2)nc1N. The molecule has 4 rings (SSSR count). The average Bonchev–Trinajstić information content (AvgIpc) is 3.15. The zero-order valence-corrected chi connectivity index (χ0v) is 12.3. The fourth-order valence-electron chi connectivity index (χ4n) is 2.45. The van der Waals surface area contributed by atoms with Crippen molar-refractivity contribution in [2.45, 2.75) is 0 Å². The molecule has 1 aromatic carbocycles. The van der Waals surface area contributed by atoms with Crippen LogP contribution in [-0.4, -0.2) is 30.4 Å². The molecule has 3 heterocycles. The number of rotatable bonds is 2. The van der Waals surface area contributed by atoms with Crippen LogP contribution < -0.4 is 5.73 Å². The van der Waals surface area contributed by atoms with Crippen LogP contribution in [0.2, 0.25) is 0 Å². The number of hydrogen-bond donors (Lipinski definition) is 2. The van der Waals surface area contributed by atoms with E-state index in [1.807, 2.05) is 36.4 Å². The lowest BCUT2D eigenvalue weighted by Gasteiger charge is -2.09. The first kappa shape index (κ1) is 13.8. The number of benzene rings is 1. The van der Waals surface area contributed by atoms with Gasteiger partial charge in [0.15, 0.2) is 11.5 Å². The Balaban J connectivity index is 2.00. The van der Waals surface area contributed by atoms with Gasteiger partial charge < -0.3 is 5.73 Å². The van der Waals surface area contributed by atoms with Crippen LogP contribution in [-0.2, 0) is 0 Å². The minimum atomic E-state index is 0.0571. The van der Waals surface area contributed by atoms with Crippen molar-refractivity contribution in [2.24, 2.45) is 0 Å². The number of pyridine rings is 1. The van der Waals surface area contributed by atoms with Crippen molar-refractivity contribution in [1.82, 2.24) is 30.4 Å². The van der Waals surface area contributed by atoms with Gasteiger partial charge in [0.2, 0.25) is 0 Å². The third kappa shape index (κ3) is 2.21. The van der Waals surface area contributed by atoms with E-state index in [9.17, 15) is 5.26 Å². The predicted octanol–water partition coefficient (Wildman–Crippen LogP) is 1.93. The van der Waals surface area contributed by atoms with Gasteiger partial charge in [-0.1, -0.05) is 12.1 Å². The second-order valence-corrected chi connectivity index (χ2v) is 5.03. The molecule has 0 aliphatic heterocycles. The van der Waals surface area contributed by atoms with Gasteiger partial charge in [-0.3, -0.25) is 4.98 Å². The topological polar surface area (TPSA) is 130 Å². The van der Waals surface area contributed by atoms with Gasteiger partial charge in [0, 0.05) is 17.1 Å². The zero-order valence-electron chi connectivity index (χ0n) is 12.3. The second kappa shape index (κ2) is 5.40. The molecule has 0 radical (unpaired) electrons. The summed E-state index contributed by atoms with van der Waals surface area (Å²) in [6.07, 6.45) is 3.27. The van der Waals surface area contributed by atoms with Gasteiger partial charge >= 0.3 is 0 Å². The molecule has 0 saturated heterocycles. The van der Waals surface area contributed by atoms with Crippen molar-refractivity contribution in [3.63, 3.8) is 0 Å². The molecular formula is C16H10N8. The molecule has 0 unspecified atom stereocenters. The van der Waals surface area contributed by atoms with Crippen LogP contribution in [0.25, 0.3) is 33.5 Å². The molecule has 0 atom stereocenters. The fourth-order valence-corrected chi connectivity index (χ4v) is 2.45. The second-order valence-electron chi connectivity index (χ2n) is 5.03. The van der Waals surface area contributed by atoms with Gasteiger partial charge in [-0.15, -0.1) is 0 Å². The molecule has 0 aliphatic rings. The van der Waals surface area contributed by atoms with E-state index in [1.54, 1.807) is 6.20 Å². The summed E-state index contributed by atoms with van der Waals surface area (Å²) in [5, 5.41) is 20.5. The van der Waals surface area contributed by atoms with Crippen molar-refractivity contribution < 1.29 is 0 Å². The summed E-state index contributed by atoms with van der Waals surface area (Å²) in [7, 11) is 0. The molecule has 114 valence electrons. The molecule has 0 fully saturated rings. The molecule has 0 spiro atoms. The summed E-state index contributed by atoms with van der Waals surface area (Å²) in [6, 6.07) is 11.5. The van der Waals surface area contributed by atoms with Crippen molar-refractivity contribution >= 4 is 16.7 Å². The third-order valence-electron chi connectivity index (χ3n) is 3.56. The van der Waals surface area contributed by atoms with Crippen LogP contribution in [0.5, 0.6) is 0 Å². The van der Waals surface area contributed by atoms with E-state index in [0.29, 0.717) is 17.1 Å². The molecule has 0 saturated carbocycles. The van der Waals surface area contributed by atoms with Crippen molar-refractivity contribution in [3.8, 4) is 28.7 Å². The van der Waals surface area contributed by atoms with E-state index < -0.39 is 0 Å². The number of fused-ring (bicyclic) bond motifs is 1. The molecule has 8 nitrogen and oxygen atoms in total. The number of aromatic nitrogens is 6. The minimum absolute atomic E-state index is 0.0571. The Kier molecular flexibility index (Phi) is 3.10. The highest BCUT2D eigenvalue weighted by atomic mass is 15.3. The molecule has 24 heavy (non-hydrogen) atoms. The van der Waals surface area contributed by atoms with Gasteiger partial charge in [0.05, 0.1) is 11.7 Å². The number of anilines is 1. The maximum atomic E-state index is 9.21. The number of aromatic amines is 1. The summed E-state index contributed by atoms with van der Waals surface area (Å²) in [6.45, 7) is 0. The Morgan fingerprint density at radius 1 is 1.12 bits per heavy atom. The summed E-state index contributed by atoms with van der Waals surface area (Å²) in [4.78, 5) is 13.0. The number of H-pyrrole nitrogens is 1. The lowest BCUT2D eigenvalue weighted by Crippen LogP contribution is -2.03. The first-order valence-electron chi connectivity index (χ1n) is 7.05. The van der Waals surface area contributed by atoms with Crippen molar-refractivity contribution in [3.05, 3.63) is 48.4 Å². The highest BCUT2D eigenvalue weighted by Crippen LogP contribution is 2.30. The van der Waals surface area contributed by atoms with E-state index in [2.05, 4.69) is 30.4 Å². The monoisotopic (exact) mass is 314 g/mol. The van der Waals surface area contributed by atoms with Crippen LogP contribution in [0.15, 0.2) is 42.7 Å². The first-order chi connectivity index (χ1) is 11.8. The molecule has 8 heteroatoms. The van der Waals surface area contributed by atoms with Gasteiger partial charge in [0.1, 0.15) is 23.2 Å². The van der Waals surface area contributed by atoms with Gasteiger partial charge in [0.25, 0.3) is 0 Å². The maximum absolute atomic E-state index is 9.21. The van der Waals surface area contributed by atoms with E-state index in [-0.39, 0.29) is 11.5 Å². The molecule has 0 amide bonds. The molecule has 4 aromatic rings. The Labute approximate surface area is 136 Å². The van der Waals surface area contributed by atoms with Crippen LogP contribution >= 0.6 is 0 Å². The highest BCUT2D eigenvalue weighted by Gasteiger charge is 2.17. The summed E-state index contributed by atoms with van der Waals surface area (Å²) in [5.41, 5.74) is 9.02. The summed E-state index contributed by atoms with van der Waals surface area (Å²) in [5.74, 6) is 0.0571. The number of nitrogen functional groups attached to an aromatic ring is 1. The standard InChI is InChI=1S/C16H10N8/c17-7-12-16(18)22-15(13-8-20-24-23-13)14(21-12)10-3-4-11-9(6-10)2-1-5-19-11/h1-6,8H,(H2,18,22)(H,20,23,24). The highest BCUT2D eigenvalue weighted by molar-refractivity contribution is 5.87. The van der Waals surface area contributed by atoms with E-state index >= 15 is 0 Å². The molecule has 3 N–H and O–H groups in total. The largest absolute Gasteiger partial charge is 0.381 e. The fraction of sp³-hybridized carbons (Fsp3) is 0. The molecule has 0 bridgehead atoms. The van der Waals surface area contributed by atoms with Gasteiger partial charge in [-0.2, -0.15) is 20.7 Å². The number of nitrogens with zero attached hydrogens (tertiary/aromatic N) is 6. The molecule has 3 aromatic heterocycles. The van der Waals surface area contributed by atoms with E-state index in [0.717, 1.165) is 16.5 Å². The Morgan fingerprint density at radius 2 is 2.04 bits per heavy atom. The van der Waals surface area contributed by atoms with Crippen LogP contribution in [0.1, 0.15) is 5.69 Å². The quantitative estimate of drug-likeness (QED) is 0.578. The molecule has 0 aliphatic carbocycles. The number of nitriles is 1. The lowest BCUT2D eigenvalue weighted by atomic mass is 10.0. The van der Waals surface area contributed by atoms with Gasteiger partial charge in [-0.05, 0) is 18.2 Å². The summed E-state index contributed by atoms with van der Waals surface area (Å²) >= 11 is 0. The van der Waals surface area contributed by atoms with Crippen molar-refractivity contribution in [1.29, 1.82) is 5.26 Å². The van der Waals surface area contributed by atoms with Crippen LogP contribution in [0.4, 0.5) is 5.82 Å². The minimum Gasteiger partial charge on any atom is -0.381 e. The predicted molar refractivity (Wildman–Crippen MR) is 87.3 cm³/mol. The third-order valence-corrected chi connectivity index (χ3v) is 3.56. The van der Waals surface area contributed by atoms with E-state index in [1.165, 1.54) is 6.20 Å².